The summed E-state index contributed by atoms with van der Waals surface area (Å²) in [6.07, 6.45) is 1.34. The molecule has 6 heteroatoms. The Morgan fingerprint density at radius 1 is 1.69 bits per heavy atom. The number of nitrogens with zero attached hydrogens (tertiary/aromatic N) is 3. The molecule has 16 heavy (non-hydrogen) atoms. The Balaban J connectivity index is 2.88. The Morgan fingerprint density at radius 3 is 2.94 bits per heavy atom. The number of hydrogen-bond donors (Lipinski definition) is 2. The van der Waals surface area contributed by atoms with Gasteiger partial charge in [0.25, 0.3) is 0 Å². The van der Waals surface area contributed by atoms with Crippen molar-refractivity contribution >= 4 is 11.8 Å². The summed E-state index contributed by atoms with van der Waals surface area (Å²) in [5, 5.41) is 27.8. The highest BCUT2D eigenvalue weighted by Gasteiger charge is 2.23. The van der Waals surface area contributed by atoms with Gasteiger partial charge in [-0.05, 0) is 19.9 Å². The zero-order valence-electron chi connectivity index (χ0n) is 9.06. The summed E-state index contributed by atoms with van der Waals surface area (Å²) in [5.41, 5.74) is -0.346. The van der Waals surface area contributed by atoms with E-state index in [1.807, 2.05) is 6.07 Å². The van der Waals surface area contributed by atoms with Gasteiger partial charge in [0.15, 0.2) is 5.82 Å². The smallest absolute Gasteiger partial charge is 0.305 e. The van der Waals surface area contributed by atoms with Crippen LogP contribution in [0.25, 0.3) is 0 Å². The quantitative estimate of drug-likeness (QED) is 0.785. The molecular formula is C10H12N4O2. The Hall–Kier alpha value is -2.16. The van der Waals surface area contributed by atoms with Gasteiger partial charge in [0, 0.05) is 5.54 Å². The minimum atomic E-state index is -0.917. The number of aliphatic carboxylic acids is 1. The van der Waals surface area contributed by atoms with E-state index in [0.717, 1.165) is 0 Å². The van der Waals surface area contributed by atoms with Gasteiger partial charge in [-0.15, -0.1) is 5.10 Å². The van der Waals surface area contributed by atoms with Crippen molar-refractivity contribution in [3.05, 3.63) is 17.8 Å². The molecule has 0 bridgehead atoms. The molecule has 2 N–H and O–H groups in total. The summed E-state index contributed by atoms with van der Waals surface area (Å²) in [4.78, 5) is 10.6. The lowest BCUT2D eigenvalue weighted by molar-refractivity contribution is -0.137. The van der Waals surface area contributed by atoms with E-state index in [1.54, 1.807) is 13.8 Å². The zero-order chi connectivity index (χ0) is 12.2. The van der Waals surface area contributed by atoms with Gasteiger partial charge in [-0.3, -0.25) is 4.79 Å². The van der Waals surface area contributed by atoms with Crippen molar-refractivity contribution in [3.63, 3.8) is 0 Å². The molecule has 0 spiro atoms. The Kier molecular flexibility index (Phi) is 3.40. The molecule has 0 aliphatic rings. The highest BCUT2D eigenvalue weighted by atomic mass is 16.4. The van der Waals surface area contributed by atoms with Crippen molar-refractivity contribution in [1.29, 1.82) is 5.26 Å². The van der Waals surface area contributed by atoms with E-state index in [9.17, 15) is 4.79 Å². The fourth-order valence-corrected chi connectivity index (χ4v) is 1.26. The van der Waals surface area contributed by atoms with E-state index in [2.05, 4.69) is 15.5 Å². The number of anilines is 1. The number of hydrogen-bond acceptors (Lipinski definition) is 5. The van der Waals surface area contributed by atoms with Gasteiger partial charge in [-0.2, -0.15) is 10.4 Å². The first-order chi connectivity index (χ1) is 7.44. The SMILES string of the molecule is CC(C)(CC(=O)O)Nc1nnccc1C#N. The lowest BCUT2D eigenvalue weighted by atomic mass is 10.0. The molecule has 0 saturated carbocycles. The van der Waals surface area contributed by atoms with Crippen LogP contribution in [-0.2, 0) is 4.79 Å². The minimum absolute atomic E-state index is 0.0750. The summed E-state index contributed by atoms with van der Waals surface area (Å²) in [5.74, 6) is -0.615. The first-order valence-electron chi connectivity index (χ1n) is 4.66. The van der Waals surface area contributed by atoms with Crippen molar-refractivity contribution in [2.45, 2.75) is 25.8 Å². The van der Waals surface area contributed by atoms with E-state index >= 15 is 0 Å². The van der Waals surface area contributed by atoms with E-state index in [4.69, 9.17) is 10.4 Å². The highest BCUT2D eigenvalue weighted by Crippen LogP contribution is 2.18. The molecule has 6 nitrogen and oxygen atoms in total. The van der Waals surface area contributed by atoms with Crippen LogP contribution < -0.4 is 5.32 Å². The van der Waals surface area contributed by atoms with Gasteiger partial charge < -0.3 is 10.4 Å². The maximum Gasteiger partial charge on any atom is 0.305 e. The predicted octanol–water partition coefficient (Wildman–Crippen LogP) is 1.01. The second-order valence-corrected chi connectivity index (χ2v) is 3.98. The fourth-order valence-electron chi connectivity index (χ4n) is 1.26. The van der Waals surface area contributed by atoms with Crippen molar-refractivity contribution in [2.75, 3.05) is 5.32 Å². The van der Waals surface area contributed by atoms with Gasteiger partial charge >= 0.3 is 5.97 Å². The van der Waals surface area contributed by atoms with E-state index in [1.165, 1.54) is 12.3 Å². The van der Waals surface area contributed by atoms with Crippen LogP contribution >= 0.6 is 0 Å². The van der Waals surface area contributed by atoms with Gasteiger partial charge in [0.2, 0.25) is 0 Å². The maximum absolute atomic E-state index is 10.6. The van der Waals surface area contributed by atoms with Gasteiger partial charge in [-0.25, -0.2) is 0 Å². The minimum Gasteiger partial charge on any atom is -0.481 e. The van der Waals surface area contributed by atoms with Crippen LogP contribution in [0.5, 0.6) is 0 Å². The molecule has 0 fully saturated rings. The largest absolute Gasteiger partial charge is 0.481 e. The van der Waals surface area contributed by atoms with Crippen LogP contribution in [0, 0.1) is 11.3 Å². The molecule has 0 aliphatic carbocycles. The molecule has 1 aromatic heterocycles. The molecule has 0 radical (unpaired) electrons. The monoisotopic (exact) mass is 220 g/mol. The maximum atomic E-state index is 10.6. The molecule has 0 aliphatic heterocycles. The number of rotatable bonds is 4. The molecular weight excluding hydrogens is 208 g/mol. The van der Waals surface area contributed by atoms with E-state index in [0.29, 0.717) is 11.4 Å². The van der Waals surface area contributed by atoms with Crippen molar-refractivity contribution in [1.82, 2.24) is 10.2 Å². The molecule has 1 aromatic rings. The molecule has 1 heterocycles. The van der Waals surface area contributed by atoms with Crippen LogP contribution in [0.1, 0.15) is 25.8 Å². The predicted molar refractivity (Wildman–Crippen MR) is 56.7 cm³/mol. The topological polar surface area (TPSA) is 98.9 Å². The number of nitriles is 1. The Bertz CT molecular complexity index is 437. The fraction of sp³-hybridized carbons (Fsp3) is 0.400. The van der Waals surface area contributed by atoms with E-state index in [-0.39, 0.29) is 6.42 Å². The summed E-state index contributed by atoms with van der Waals surface area (Å²) >= 11 is 0. The Morgan fingerprint density at radius 2 is 2.38 bits per heavy atom. The Labute approximate surface area is 92.9 Å². The van der Waals surface area contributed by atoms with Crippen LogP contribution in [0.15, 0.2) is 12.3 Å². The average Bonchev–Trinajstić information content (AvgIpc) is 2.15. The first kappa shape index (κ1) is 11.9. The molecule has 1 rings (SSSR count). The van der Waals surface area contributed by atoms with E-state index < -0.39 is 11.5 Å². The number of aromatic nitrogens is 2. The molecule has 0 saturated heterocycles. The normalized spacial score (nSPS) is 10.6. The summed E-state index contributed by atoms with van der Waals surface area (Å²) < 4.78 is 0. The van der Waals surface area contributed by atoms with Crippen LogP contribution in [-0.4, -0.2) is 26.8 Å². The molecule has 0 amide bonds. The summed E-state index contributed by atoms with van der Waals surface area (Å²) in [6, 6.07) is 3.48. The third kappa shape index (κ3) is 3.20. The number of carbonyl (C=O) groups is 1. The third-order valence-electron chi connectivity index (χ3n) is 1.89. The molecule has 0 aromatic carbocycles. The van der Waals surface area contributed by atoms with Crippen LogP contribution in [0.3, 0.4) is 0 Å². The first-order valence-corrected chi connectivity index (χ1v) is 4.66. The lowest BCUT2D eigenvalue weighted by Gasteiger charge is -2.24. The summed E-state index contributed by atoms with van der Waals surface area (Å²) in [7, 11) is 0. The van der Waals surface area contributed by atoms with Crippen LogP contribution in [0.4, 0.5) is 5.82 Å². The van der Waals surface area contributed by atoms with Crippen molar-refractivity contribution in [3.8, 4) is 6.07 Å². The number of carboxylic acid groups (broad SMARTS) is 1. The molecule has 0 unspecified atom stereocenters. The van der Waals surface area contributed by atoms with Crippen molar-refractivity contribution < 1.29 is 9.90 Å². The van der Waals surface area contributed by atoms with Crippen LogP contribution in [0.2, 0.25) is 0 Å². The van der Waals surface area contributed by atoms with Crippen molar-refractivity contribution in [2.24, 2.45) is 0 Å². The zero-order valence-corrected chi connectivity index (χ0v) is 9.06. The summed E-state index contributed by atoms with van der Waals surface area (Å²) in [6.45, 7) is 3.44. The third-order valence-corrected chi connectivity index (χ3v) is 1.89. The second kappa shape index (κ2) is 4.57. The number of carboxylic acids is 1. The number of nitrogens with one attached hydrogen (secondary N) is 1. The average molecular weight is 220 g/mol. The molecule has 84 valence electrons. The second-order valence-electron chi connectivity index (χ2n) is 3.98. The standard InChI is InChI=1S/C10H12N4O2/c1-10(2,5-8(15)16)13-9-7(6-11)3-4-12-14-9/h3-4H,5H2,1-2H3,(H,13,14)(H,15,16). The molecule has 0 atom stereocenters. The van der Waals surface area contributed by atoms with Gasteiger partial charge in [0.1, 0.15) is 6.07 Å². The highest BCUT2D eigenvalue weighted by molar-refractivity contribution is 5.69. The van der Waals surface area contributed by atoms with Gasteiger partial charge in [0.05, 0.1) is 18.2 Å². The lowest BCUT2D eigenvalue weighted by Crippen LogP contribution is -2.34. The van der Waals surface area contributed by atoms with Gasteiger partial charge in [-0.1, -0.05) is 0 Å².